The summed E-state index contributed by atoms with van der Waals surface area (Å²) in [6.07, 6.45) is -0.448. The zero-order chi connectivity index (χ0) is 26.8. The minimum Gasteiger partial charge on any atom is -0.465 e. The molecular formula is C29H35N3O5. The van der Waals surface area contributed by atoms with Crippen LogP contribution in [0.2, 0.25) is 0 Å². The Morgan fingerprint density at radius 1 is 0.973 bits per heavy atom. The van der Waals surface area contributed by atoms with Gasteiger partial charge in [0.25, 0.3) is 0 Å². The van der Waals surface area contributed by atoms with E-state index in [1.807, 2.05) is 72.8 Å². The predicted octanol–water partition coefficient (Wildman–Crippen LogP) is 5.12. The van der Waals surface area contributed by atoms with Gasteiger partial charge in [0.1, 0.15) is 5.60 Å². The number of aliphatic hydroxyl groups excluding tert-OH is 1. The number of alkyl carbamates (subject to hydrolysis) is 1. The predicted molar refractivity (Wildman–Crippen MR) is 142 cm³/mol. The number of aromatic nitrogens is 1. The van der Waals surface area contributed by atoms with Gasteiger partial charge in [0, 0.05) is 24.8 Å². The Morgan fingerprint density at radius 2 is 1.65 bits per heavy atom. The van der Waals surface area contributed by atoms with Gasteiger partial charge in [0.2, 0.25) is 0 Å². The number of rotatable bonds is 10. The van der Waals surface area contributed by atoms with Crippen LogP contribution in [0.5, 0.6) is 0 Å². The lowest BCUT2D eigenvalue weighted by Gasteiger charge is -2.28. The van der Waals surface area contributed by atoms with Crippen LogP contribution in [0.15, 0.2) is 79.0 Å². The highest BCUT2D eigenvalue weighted by molar-refractivity contribution is 5.68. The second kappa shape index (κ2) is 12.9. The Bertz CT molecular complexity index is 1130. The number of hydrogen-bond acceptors (Lipinski definition) is 5. The van der Waals surface area contributed by atoms with E-state index >= 15 is 0 Å². The fourth-order valence-electron chi connectivity index (χ4n) is 3.88. The van der Waals surface area contributed by atoms with Crippen molar-refractivity contribution in [2.75, 3.05) is 6.54 Å². The van der Waals surface area contributed by atoms with E-state index in [4.69, 9.17) is 4.74 Å². The van der Waals surface area contributed by atoms with Gasteiger partial charge in [-0.05, 0) is 56.9 Å². The maximum absolute atomic E-state index is 12.4. The van der Waals surface area contributed by atoms with Crippen molar-refractivity contribution in [3.63, 3.8) is 0 Å². The van der Waals surface area contributed by atoms with Gasteiger partial charge in [-0.15, -0.1) is 0 Å². The molecule has 8 heteroatoms. The first-order valence-corrected chi connectivity index (χ1v) is 12.3. The van der Waals surface area contributed by atoms with Crippen LogP contribution >= 0.6 is 0 Å². The highest BCUT2D eigenvalue weighted by Gasteiger charge is 2.26. The topological polar surface area (TPSA) is 112 Å². The highest BCUT2D eigenvalue weighted by atomic mass is 16.6. The second-order valence-corrected chi connectivity index (χ2v) is 9.91. The summed E-state index contributed by atoms with van der Waals surface area (Å²) in [6.45, 7) is 5.57. The molecule has 0 bridgehead atoms. The van der Waals surface area contributed by atoms with E-state index < -0.39 is 29.9 Å². The number of ether oxygens (including phenoxy) is 1. The summed E-state index contributed by atoms with van der Waals surface area (Å²) in [5.74, 6) is 0. The molecule has 2 aromatic carbocycles. The standard InChI is InChI=1S/C29H35N3O5/c1-29(2,3)37-27(34)31-25(19-21-9-5-4-6-10-21)26(33)16-18-32(28(35)36)20-22-12-14-23(15-13-22)24-11-7-8-17-30-24/h4-15,17,25-26,33H,16,18-20H2,1-3H3,(H,31,34)(H,35,36)/t25-,26+/m0/s1. The van der Waals surface area contributed by atoms with Crippen molar-refractivity contribution < 1.29 is 24.5 Å². The molecule has 2 atom stereocenters. The number of carboxylic acid groups (broad SMARTS) is 1. The normalized spacial score (nSPS) is 12.9. The van der Waals surface area contributed by atoms with Crippen molar-refractivity contribution in [3.05, 3.63) is 90.1 Å². The molecule has 3 N–H and O–H groups in total. The van der Waals surface area contributed by atoms with Crippen LogP contribution in [0.3, 0.4) is 0 Å². The monoisotopic (exact) mass is 505 g/mol. The zero-order valence-corrected chi connectivity index (χ0v) is 21.5. The minimum absolute atomic E-state index is 0.0970. The van der Waals surface area contributed by atoms with E-state index in [1.165, 1.54) is 4.90 Å². The SMILES string of the molecule is CC(C)(C)OC(=O)N[C@@H](Cc1ccccc1)[C@H](O)CCN(Cc1ccc(-c2ccccn2)cc1)C(=O)O. The zero-order valence-electron chi connectivity index (χ0n) is 21.5. The largest absolute Gasteiger partial charge is 0.465 e. The minimum atomic E-state index is -1.08. The van der Waals surface area contributed by atoms with Gasteiger partial charge in [-0.2, -0.15) is 0 Å². The second-order valence-electron chi connectivity index (χ2n) is 9.91. The van der Waals surface area contributed by atoms with Crippen molar-refractivity contribution in [1.82, 2.24) is 15.2 Å². The van der Waals surface area contributed by atoms with E-state index in [0.29, 0.717) is 6.42 Å². The molecule has 0 aliphatic carbocycles. The molecule has 3 aromatic rings. The highest BCUT2D eigenvalue weighted by Crippen LogP contribution is 2.18. The first kappa shape index (κ1) is 27.7. The Kier molecular flexibility index (Phi) is 9.63. The Morgan fingerprint density at radius 3 is 2.24 bits per heavy atom. The number of hydrogen-bond donors (Lipinski definition) is 3. The summed E-state index contributed by atoms with van der Waals surface area (Å²) >= 11 is 0. The number of nitrogens with zero attached hydrogens (tertiary/aromatic N) is 2. The molecule has 0 aliphatic heterocycles. The van der Waals surface area contributed by atoms with Gasteiger partial charge in [-0.1, -0.05) is 60.7 Å². The third-order valence-electron chi connectivity index (χ3n) is 5.72. The molecule has 196 valence electrons. The van der Waals surface area contributed by atoms with Gasteiger partial charge in [-0.3, -0.25) is 4.98 Å². The molecule has 0 fully saturated rings. The molecule has 2 amide bonds. The summed E-state index contributed by atoms with van der Waals surface area (Å²) in [5.41, 5.74) is 2.86. The fourth-order valence-corrected chi connectivity index (χ4v) is 3.88. The maximum atomic E-state index is 12.4. The molecule has 8 nitrogen and oxygen atoms in total. The van der Waals surface area contributed by atoms with Gasteiger partial charge in [-0.25, -0.2) is 9.59 Å². The first-order chi connectivity index (χ1) is 17.6. The smallest absolute Gasteiger partial charge is 0.407 e. The molecule has 0 radical (unpaired) electrons. The van der Waals surface area contributed by atoms with E-state index in [9.17, 15) is 19.8 Å². The van der Waals surface area contributed by atoms with Crippen molar-refractivity contribution in [2.24, 2.45) is 0 Å². The average molecular weight is 506 g/mol. The lowest BCUT2D eigenvalue weighted by molar-refractivity contribution is 0.0397. The van der Waals surface area contributed by atoms with Gasteiger partial charge in [0.15, 0.2) is 0 Å². The summed E-state index contributed by atoms with van der Waals surface area (Å²) in [5, 5.41) is 23.5. The third kappa shape index (κ3) is 9.24. The van der Waals surface area contributed by atoms with Crippen LogP contribution in [0.4, 0.5) is 9.59 Å². The number of nitrogens with one attached hydrogen (secondary N) is 1. The van der Waals surface area contributed by atoms with Crippen LogP contribution in [0, 0.1) is 0 Å². The molecule has 1 aromatic heterocycles. The molecule has 0 saturated heterocycles. The summed E-state index contributed by atoms with van der Waals surface area (Å²) < 4.78 is 5.37. The maximum Gasteiger partial charge on any atom is 0.407 e. The Hall–Kier alpha value is -3.91. The molecular weight excluding hydrogens is 470 g/mol. The fraction of sp³-hybridized carbons (Fsp3) is 0.345. The van der Waals surface area contributed by atoms with Crippen molar-refractivity contribution >= 4 is 12.2 Å². The number of benzene rings is 2. The Balaban J connectivity index is 1.64. The lowest BCUT2D eigenvalue weighted by atomic mass is 9.99. The quantitative estimate of drug-likeness (QED) is 0.353. The van der Waals surface area contributed by atoms with Crippen LogP contribution in [-0.4, -0.2) is 56.6 Å². The van der Waals surface area contributed by atoms with Gasteiger partial charge < -0.3 is 25.2 Å². The van der Waals surface area contributed by atoms with Gasteiger partial charge in [0.05, 0.1) is 17.8 Å². The van der Waals surface area contributed by atoms with Crippen molar-refractivity contribution in [1.29, 1.82) is 0 Å². The van der Waals surface area contributed by atoms with Crippen LogP contribution in [0.1, 0.15) is 38.3 Å². The van der Waals surface area contributed by atoms with Crippen LogP contribution < -0.4 is 5.32 Å². The first-order valence-electron chi connectivity index (χ1n) is 12.3. The molecule has 0 saturated carbocycles. The number of amides is 2. The van der Waals surface area contributed by atoms with Gasteiger partial charge >= 0.3 is 12.2 Å². The number of carbonyl (C=O) groups excluding carboxylic acids is 1. The lowest BCUT2D eigenvalue weighted by Crippen LogP contribution is -2.47. The Labute approximate surface area is 217 Å². The summed E-state index contributed by atoms with van der Waals surface area (Å²) in [4.78, 5) is 30.0. The van der Waals surface area contributed by atoms with E-state index in [2.05, 4.69) is 10.3 Å². The van der Waals surface area contributed by atoms with Crippen LogP contribution in [0.25, 0.3) is 11.3 Å². The van der Waals surface area contributed by atoms with E-state index in [1.54, 1.807) is 27.0 Å². The third-order valence-corrected chi connectivity index (χ3v) is 5.72. The molecule has 37 heavy (non-hydrogen) atoms. The summed E-state index contributed by atoms with van der Waals surface area (Å²) in [7, 11) is 0. The van der Waals surface area contributed by atoms with Crippen LogP contribution in [-0.2, 0) is 17.7 Å². The molecule has 0 spiro atoms. The molecule has 1 heterocycles. The van der Waals surface area contributed by atoms with E-state index in [0.717, 1.165) is 22.4 Å². The average Bonchev–Trinajstić information content (AvgIpc) is 2.86. The number of pyridine rings is 1. The van der Waals surface area contributed by atoms with Crippen molar-refractivity contribution in [2.45, 2.75) is 57.9 Å². The molecule has 3 rings (SSSR count). The summed E-state index contributed by atoms with van der Waals surface area (Å²) in [6, 6.07) is 22.1. The number of carbonyl (C=O) groups is 2. The van der Waals surface area contributed by atoms with Crippen molar-refractivity contribution in [3.8, 4) is 11.3 Å². The molecule has 0 unspecified atom stereocenters. The molecule has 0 aliphatic rings. The number of aliphatic hydroxyl groups is 1. The van der Waals surface area contributed by atoms with E-state index in [-0.39, 0.29) is 19.5 Å².